The lowest BCUT2D eigenvalue weighted by molar-refractivity contribution is 0.0610. The lowest BCUT2D eigenvalue weighted by Crippen LogP contribution is -2.42. The first-order chi connectivity index (χ1) is 20.5. The van der Waals surface area contributed by atoms with Crippen molar-refractivity contribution in [2.75, 3.05) is 25.1 Å². The second-order valence-electron chi connectivity index (χ2n) is 9.92. The van der Waals surface area contributed by atoms with Crippen molar-refractivity contribution in [2.24, 2.45) is 0 Å². The van der Waals surface area contributed by atoms with Crippen LogP contribution in [0.2, 0.25) is 0 Å². The molecule has 0 radical (unpaired) electrons. The molecule has 0 aromatic heterocycles. The monoisotopic (exact) mass is 556 g/mol. The molecule has 1 aliphatic rings. The molecule has 1 heterocycles. The van der Waals surface area contributed by atoms with E-state index in [4.69, 9.17) is 9.47 Å². The fraction of sp³-hybridized carbons (Fsp3) is 0.114. The van der Waals surface area contributed by atoms with E-state index >= 15 is 0 Å². The van der Waals surface area contributed by atoms with Crippen LogP contribution in [0.3, 0.4) is 0 Å². The van der Waals surface area contributed by atoms with Gasteiger partial charge in [0, 0.05) is 40.9 Å². The van der Waals surface area contributed by atoms with Crippen molar-refractivity contribution in [1.82, 2.24) is 4.90 Å². The minimum absolute atomic E-state index is 0.171. The molecule has 0 spiro atoms. The van der Waals surface area contributed by atoms with E-state index in [1.54, 1.807) is 48.4 Å². The first-order valence-corrected chi connectivity index (χ1v) is 13.7. The van der Waals surface area contributed by atoms with Gasteiger partial charge in [-0.25, -0.2) is 0 Å². The maximum absolute atomic E-state index is 13.7. The number of carbonyl (C=O) groups excluding carboxylic acids is 3. The van der Waals surface area contributed by atoms with Crippen LogP contribution in [0, 0.1) is 0 Å². The van der Waals surface area contributed by atoms with Gasteiger partial charge >= 0.3 is 0 Å². The molecule has 0 bridgehead atoms. The first-order valence-electron chi connectivity index (χ1n) is 13.7. The third kappa shape index (κ3) is 5.20. The predicted octanol–water partition coefficient (Wildman–Crippen LogP) is 6.97. The summed E-state index contributed by atoms with van der Waals surface area (Å²) < 4.78 is 11.2. The van der Waals surface area contributed by atoms with Gasteiger partial charge in [0.25, 0.3) is 17.7 Å². The van der Waals surface area contributed by atoms with Gasteiger partial charge in [-0.15, -0.1) is 0 Å². The van der Waals surface area contributed by atoms with Crippen molar-refractivity contribution in [1.29, 1.82) is 0 Å². The quantitative estimate of drug-likeness (QED) is 0.183. The average Bonchev–Trinajstić information content (AvgIpc) is 3.04. The van der Waals surface area contributed by atoms with Crippen molar-refractivity contribution in [3.05, 3.63) is 132 Å². The Labute approximate surface area is 243 Å². The zero-order chi connectivity index (χ0) is 29.1. The summed E-state index contributed by atoms with van der Waals surface area (Å²) in [4.78, 5) is 43.4. The average molecular weight is 557 g/mol. The van der Waals surface area contributed by atoms with Crippen LogP contribution in [0.25, 0.3) is 10.8 Å². The smallest absolute Gasteiger partial charge is 0.261 e. The van der Waals surface area contributed by atoms with Gasteiger partial charge in [0.05, 0.1) is 7.11 Å². The van der Waals surface area contributed by atoms with Crippen molar-refractivity contribution >= 4 is 34.2 Å². The molecule has 5 aromatic carbocycles. The van der Waals surface area contributed by atoms with E-state index in [0.717, 1.165) is 5.39 Å². The van der Waals surface area contributed by atoms with E-state index in [1.807, 2.05) is 78.9 Å². The Morgan fingerprint density at radius 2 is 1.29 bits per heavy atom. The molecule has 7 heteroatoms. The summed E-state index contributed by atoms with van der Waals surface area (Å²) in [6.07, 6.45) is 0.389. The molecule has 5 aromatic rings. The highest BCUT2D eigenvalue weighted by molar-refractivity contribution is 6.25. The van der Waals surface area contributed by atoms with Crippen molar-refractivity contribution in [3.63, 3.8) is 0 Å². The number of rotatable bonds is 9. The van der Waals surface area contributed by atoms with Gasteiger partial charge in [0.2, 0.25) is 0 Å². The van der Waals surface area contributed by atoms with Crippen molar-refractivity contribution < 1.29 is 23.9 Å². The number of benzene rings is 5. The number of para-hydroxylation sites is 1. The third-order valence-electron chi connectivity index (χ3n) is 7.33. The minimum atomic E-state index is -0.320. The van der Waals surface area contributed by atoms with E-state index in [2.05, 4.69) is 0 Å². The first kappa shape index (κ1) is 26.8. The second kappa shape index (κ2) is 11.6. The lowest BCUT2D eigenvalue weighted by Gasteiger charge is -2.29. The van der Waals surface area contributed by atoms with Gasteiger partial charge in [-0.3, -0.25) is 19.3 Å². The molecule has 1 aliphatic heterocycles. The maximum atomic E-state index is 13.7. The number of hydrogen-bond acceptors (Lipinski definition) is 5. The van der Waals surface area contributed by atoms with Gasteiger partial charge in [-0.1, -0.05) is 42.5 Å². The minimum Gasteiger partial charge on any atom is -0.497 e. The van der Waals surface area contributed by atoms with Crippen LogP contribution in [0.15, 0.2) is 115 Å². The van der Waals surface area contributed by atoms with Gasteiger partial charge in [0.15, 0.2) is 0 Å². The zero-order valence-electron chi connectivity index (χ0n) is 23.0. The zero-order valence-corrected chi connectivity index (χ0v) is 23.0. The predicted molar refractivity (Wildman–Crippen MR) is 162 cm³/mol. The summed E-state index contributed by atoms with van der Waals surface area (Å²) in [7, 11) is 1.57. The van der Waals surface area contributed by atoms with Crippen molar-refractivity contribution in [2.45, 2.75) is 6.42 Å². The summed E-state index contributed by atoms with van der Waals surface area (Å²) in [5.74, 6) is 1.15. The van der Waals surface area contributed by atoms with E-state index in [9.17, 15) is 14.4 Å². The van der Waals surface area contributed by atoms with E-state index in [0.29, 0.717) is 51.4 Å². The number of carbonyl (C=O) groups is 3. The van der Waals surface area contributed by atoms with E-state index < -0.39 is 0 Å². The topological polar surface area (TPSA) is 76.2 Å². The Bertz CT molecular complexity index is 1720. The van der Waals surface area contributed by atoms with Crippen molar-refractivity contribution in [3.8, 4) is 17.2 Å². The van der Waals surface area contributed by atoms with Crippen LogP contribution < -0.4 is 14.4 Å². The molecule has 208 valence electrons. The molecule has 0 unspecified atom stereocenters. The SMILES string of the molecule is COc1ccc(C(=O)N(CCCN2C(=O)c3cccc4cccc(c34)C2=O)c2ccc(Oc3ccccc3)cc2)cc1. The molecule has 3 amide bonds. The highest BCUT2D eigenvalue weighted by atomic mass is 16.5. The van der Waals surface area contributed by atoms with Gasteiger partial charge in [0.1, 0.15) is 17.2 Å². The molecular formula is C35H28N2O5. The highest BCUT2D eigenvalue weighted by Gasteiger charge is 2.32. The Morgan fingerprint density at radius 1 is 0.690 bits per heavy atom. The summed E-state index contributed by atoms with van der Waals surface area (Å²) >= 11 is 0. The second-order valence-corrected chi connectivity index (χ2v) is 9.92. The van der Waals surface area contributed by atoms with Crippen LogP contribution in [-0.2, 0) is 0 Å². The molecule has 0 atom stereocenters. The molecule has 0 saturated heterocycles. The largest absolute Gasteiger partial charge is 0.497 e. The number of anilines is 1. The molecule has 0 N–H and O–H groups in total. The number of imide groups is 1. The van der Waals surface area contributed by atoms with Crippen LogP contribution in [0.5, 0.6) is 17.2 Å². The molecule has 0 fully saturated rings. The number of hydrogen-bond donors (Lipinski definition) is 0. The molecular weight excluding hydrogens is 528 g/mol. The molecule has 42 heavy (non-hydrogen) atoms. The number of ether oxygens (including phenoxy) is 2. The molecule has 0 saturated carbocycles. The van der Waals surface area contributed by atoms with Crippen LogP contribution >= 0.6 is 0 Å². The standard InChI is InChI=1S/C35H28N2O5/c1-41-27-18-14-25(15-19-27)33(38)36(26-16-20-29(21-17-26)42-28-10-3-2-4-11-28)22-7-23-37-34(39)30-12-5-8-24-9-6-13-31(32(24)30)35(37)40/h2-6,8-21H,7,22-23H2,1H3. The summed E-state index contributed by atoms with van der Waals surface area (Å²) in [6.45, 7) is 0.455. The normalized spacial score (nSPS) is 12.4. The summed E-state index contributed by atoms with van der Waals surface area (Å²) in [5.41, 5.74) is 2.19. The molecule has 7 nitrogen and oxygen atoms in total. The van der Waals surface area contributed by atoms with Gasteiger partial charge in [-0.05, 0) is 84.6 Å². The van der Waals surface area contributed by atoms with E-state index in [1.165, 1.54) is 4.90 Å². The Morgan fingerprint density at radius 3 is 1.90 bits per heavy atom. The highest BCUT2D eigenvalue weighted by Crippen LogP contribution is 2.31. The fourth-order valence-electron chi connectivity index (χ4n) is 5.23. The van der Waals surface area contributed by atoms with Gasteiger partial charge < -0.3 is 14.4 Å². The summed E-state index contributed by atoms with van der Waals surface area (Å²) in [5, 5.41) is 1.56. The third-order valence-corrected chi connectivity index (χ3v) is 7.33. The number of nitrogens with zero attached hydrogens (tertiary/aromatic N) is 2. The summed E-state index contributed by atoms with van der Waals surface area (Å²) in [6, 6.07) is 34.6. The van der Waals surface area contributed by atoms with Crippen LogP contribution in [0.4, 0.5) is 5.69 Å². The Kier molecular flexibility index (Phi) is 7.39. The van der Waals surface area contributed by atoms with E-state index in [-0.39, 0.29) is 30.8 Å². The fourth-order valence-corrected chi connectivity index (χ4v) is 5.23. The molecule has 0 aliphatic carbocycles. The Balaban J connectivity index is 1.23. The van der Waals surface area contributed by atoms with Crippen LogP contribution in [0.1, 0.15) is 37.5 Å². The van der Waals surface area contributed by atoms with Gasteiger partial charge in [-0.2, -0.15) is 0 Å². The number of methoxy groups -OCH3 is 1. The maximum Gasteiger partial charge on any atom is 0.261 e. The Hall–Kier alpha value is -5.43. The lowest BCUT2D eigenvalue weighted by atomic mass is 9.94. The molecule has 6 rings (SSSR count). The van der Waals surface area contributed by atoms with Crippen LogP contribution in [-0.4, -0.2) is 42.8 Å². The number of amides is 3.